The highest BCUT2D eigenvalue weighted by Gasteiger charge is 2.59. The average molecular weight is 571 g/mol. The molecule has 3 amide bonds. The second-order valence-corrected chi connectivity index (χ2v) is 10.6. The molecular formula is C33H38N4O5. The lowest BCUT2D eigenvalue weighted by atomic mass is 9.81. The number of nitrogens with zero attached hydrogens (tertiary/aromatic N) is 4. The monoisotopic (exact) mass is 570 g/mol. The second-order valence-electron chi connectivity index (χ2n) is 10.6. The van der Waals surface area contributed by atoms with Crippen molar-refractivity contribution in [3.63, 3.8) is 0 Å². The van der Waals surface area contributed by atoms with Gasteiger partial charge in [0, 0.05) is 32.7 Å². The number of para-hydroxylation sites is 2. The third-order valence-electron chi connectivity index (χ3n) is 8.22. The summed E-state index contributed by atoms with van der Waals surface area (Å²) in [6.07, 6.45) is 1.57. The summed E-state index contributed by atoms with van der Waals surface area (Å²) >= 11 is 0. The summed E-state index contributed by atoms with van der Waals surface area (Å²) in [5.74, 6) is -0.194. The number of benzene rings is 3. The number of rotatable bonds is 11. The van der Waals surface area contributed by atoms with Crippen LogP contribution in [0.25, 0.3) is 0 Å². The first-order valence-electron chi connectivity index (χ1n) is 14.4. The molecule has 0 bridgehead atoms. The number of amides is 3. The van der Waals surface area contributed by atoms with Gasteiger partial charge in [-0.05, 0) is 42.6 Å². The molecule has 9 heteroatoms. The van der Waals surface area contributed by atoms with Crippen molar-refractivity contribution in [2.75, 3.05) is 64.9 Å². The van der Waals surface area contributed by atoms with E-state index in [-0.39, 0.29) is 0 Å². The minimum atomic E-state index is -1.37. The van der Waals surface area contributed by atoms with Crippen LogP contribution < -0.4 is 9.64 Å². The molecule has 220 valence electrons. The van der Waals surface area contributed by atoms with Crippen LogP contribution in [-0.4, -0.2) is 92.6 Å². The molecule has 0 spiro atoms. The number of esters is 1. The smallest absolute Gasteiger partial charge is 0.328 e. The highest BCUT2D eigenvalue weighted by Crippen LogP contribution is 2.43. The molecule has 2 aliphatic rings. The summed E-state index contributed by atoms with van der Waals surface area (Å²) < 4.78 is 10.4. The highest BCUT2D eigenvalue weighted by molar-refractivity contribution is 6.11. The normalized spacial score (nSPS) is 17.0. The standard InChI is InChI=1S/C33H38N4O5/c1-41-29-18-10-9-17-28(29)35-23-21-34(22-24-35)19-11-12-20-37-32(40)36(25-30(38)42-2)31(39)33(37,26-13-5-3-6-14-26)27-15-7-4-8-16-27/h3-10,13-18H,11-12,19-25H2,1-2H3. The largest absolute Gasteiger partial charge is 0.495 e. The molecule has 5 rings (SSSR count). The maximum atomic E-state index is 14.2. The summed E-state index contributed by atoms with van der Waals surface area (Å²) in [6.45, 7) is 4.52. The van der Waals surface area contributed by atoms with Crippen LogP contribution in [0, 0.1) is 0 Å². The van der Waals surface area contributed by atoms with Crippen LogP contribution >= 0.6 is 0 Å². The molecule has 0 aliphatic carbocycles. The van der Waals surface area contributed by atoms with Crippen LogP contribution in [0.4, 0.5) is 10.5 Å². The lowest BCUT2D eigenvalue weighted by Crippen LogP contribution is -2.49. The fraction of sp³-hybridized carbons (Fsp3) is 0.364. The SMILES string of the molecule is COC(=O)CN1C(=O)N(CCCCN2CCN(c3ccccc3OC)CC2)C(c2ccccc2)(c2ccccc2)C1=O. The zero-order valence-electron chi connectivity index (χ0n) is 24.3. The number of piperazine rings is 1. The fourth-order valence-corrected chi connectivity index (χ4v) is 6.08. The maximum absolute atomic E-state index is 14.2. The van der Waals surface area contributed by atoms with E-state index in [9.17, 15) is 14.4 Å². The van der Waals surface area contributed by atoms with Gasteiger partial charge in [0.05, 0.1) is 19.9 Å². The Labute approximate surface area is 247 Å². The highest BCUT2D eigenvalue weighted by atomic mass is 16.5. The molecule has 0 saturated carbocycles. The number of unbranched alkanes of at least 4 members (excludes halogenated alkanes) is 1. The molecule has 0 N–H and O–H groups in total. The van der Waals surface area contributed by atoms with Crippen LogP contribution in [0.1, 0.15) is 24.0 Å². The molecule has 0 radical (unpaired) electrons. The van der Waals surface area contributed by atoms with E-state index in [0.29, 0.717) is 24.1 Å². The second kappa shape index (κ2) is 13.1. The first-order valence-corrected chi connectivity index (χ1v) is 14.4. The van der Waals surface area contributed by atoms with E-state index in [4.69, 9.17) is 9.47 Å². The Balaban J connectivity index is 1.30. The van der Waals surface area contributed by atoms with Gasteiger partial charge >= 0.3 is 12.0 Å². The first-order chi connectivity index (χ1) is 20.5. The average Bonchev–Trinajstić information content (AvgIpc) is 3.25. The summed E-state index contributed by atoms with van der Waals surface area (Å²) in [6, 6.07) is 26.3. The minimum Gasteiger partial charge on any atom is -0.495 e. The first kappa shape index (κ1) is 29.1. The Hall–Kier alpha value is -4.37. The number of carbonyl (C=O) groups excluding carboxylic acids is 3. The predicted molar refractivity (Wildman–Crippen MR) is 160 cm³/mol. The Kier molecular flexibility index (Phi) is 9.07. The van der Waals surface area contributed by atoms with Gasteiger partial charge in [0.1, 0.15) is 12.3 Å². The molecule has 2 saturated heterocycles. The lowest BCUT2D eigenvalue weighted by Gasteiger charge is -2.37. The molecular weight excluding hydrogens is 532 g/mol. The van der Waals surface area contributed by atoms with E-state index in [1.165, 1.54) is 7.11 Å². The van der Waals surface area contributed by atoms with E-state index in [2.05, 4.69) is 15.9 Å². The zero-order valence-corrected chi connectivity index (χ0v) is 24.3. The molecule has 2 aliphatic heterocycles. The topological polar surface area (TPSA) is 82.6 Å². The molecule has 3 aromatic rings. The number of anilines is 1. The van der Waals surface area contributed by atoms with Crippen LogP contribution in [0.3, 0.4) is 0 Å². The van der Waals surface area contributed by atoms with Crippen LogP contribution in [0.5, 0.6) is 5.75 Å². The lowest BCUT2D eigenvalue weighted by molar-refractivity contribution is -0.145. The Morgan fingerprint density at radius 1 is 0.762 bits per heavy atom. The van der Waals surface area contributed by atoms with Crippen molar-refractivity contribution in [2.24, 2.45) is 0 Å². The summed E-state index contributed by atoms with van der Waals surface area (Å²) in [4.78, 5) is 47.8. The quantitative estimate of drug-likeness (QED) is 0.196. The van der Waals surface area contributed by atoms with Gasteiger partial charge < -0.3 is 19.3 Å². The molecule has 9 nitrogen and oxygen atoms in total. The molecule has 0 unspecified atom stereocenters. The maximum Gasteiger partial charge on any atom is 0.328 e. The Morgan fingerprint density at radius 3 is 1.93 bits per heavy atom. The predicted octanol–water partition coefficient (Wildman–Crippen LogP) is 3.98. The number of imide groups is 1. The van der Waals surface area contributed by atoms with E-state index in [1.807, 2.05) is 78.9 Å². The third-order valence-corrected chi connectivity index (χ3v) is 8.22. The van der Waals surface area contributed by atoms with Crippen LogP contribution in [0.15, 0.2) is 84.9 Å². The fourth-order valence-electron chi connectivity index (χ4n) is 6.08. The van der Waals surface area contributed by atoms with Gasteiger partial charge in [0.2, 0.25) is 0 Å². The van der Waals surface area contributed by atoms with Gasteiger partial charge in [-0.2, -0.15) is 0 Å². The van der Waals surface area contributed by atoms with Gasteiger partial charge in [-0.15, -0.1) is 0 Å². The van der Waals surface area contributed by atoms with Crippen molar-refractivity contribution in [3.05, 3.63) is 96.1 Å². The van der Waals surface area contributed by atoms with Gasteiger partial charge in [-0.3, -0.25) is 19.4 Å². The van der Waals surface area contributed by atoms with E-state index >= 15 is 0 Å². The van der Waals surface area contributed by atoms with Gasteiger partial charge in [0.25, 0.3) is 5.91 Å². The van der Waals surface area contributed by atoms with Crippen molar-refractivity contribution in [3.8, 4) is 5.75 Å². The van der Waals surface area contributed by atoms with E-state index < -0.39 is 30.0 Å². The van der Waals surface area contributed by atoms with Gasteiger partial charge in [-0.1, -0.05) is 72.8 Å². The third kappa shape index (κ3) is 5.56. The van der Waals surface area contributed by atoms with Crippen molar-refractivity contribution in [2.45, 2.75) is 18.4 Å². The number of hydrogen-bond donors (Lipinski definition) is 0. The van der Waals surface area contributed by atoms with Crippen molar-refractivity contribution < 1.29 is 23.9 Å². The number of ether oxygens (including phenoxy) is 2. The molecule has 42 heavy (non-hydrogen) atoms. The summed E-state index contributed by atoms with van der Waals surface area (Å²) in [5.41, 5.74) is 1.13. The van der Waals surface area contributed by atoms with Crippen LogP contribution in [-0.2, 0) is 19.9 Å². The van der Waals surface area contributed by atoms with Crippen molar-refractivity contribution in [1.29, 1.82) is 0 Å². The number of hydrogen-bond acceptors (Lipinski definition) is 7. The van der Waals surface area contributed by atoms with Crippen LogP contribution in [0.2, 0.25) is 0 Å². The molecule has 2 heterocycles. The number of urea groups is 1. The van der Waals surface area contributed by atoms with E-state index in [0.717, 1.165) is 55.5 Å². The molecule has 3 aromatic carbocycles. The Morgan fingerprint density at radius 2 is 1.33 bits per heavy atom. The Bertz CT molecular complexity index is 1340. The molecule has 0 atom stereocenters. The summed E-state index contributed by atoms with van der Waals surface area (Å²) in [7, 11) is 2.95. The van der Waals surface area contributed by atoms with Crippen molar-refractivity contribution >= 4 is 23.6 Å². The van der Waals surface area contributed by atoms with Gasteiger partial charge in [0.15, 0.2) is 5.54 Å². The van der Waals surface area contributed by atoms with E-state index in [1.54, 1.807) is 12.0 Å². The summed E-state index contributed by atoms with van der Waals surface area (Å²) in [5, 5.41) is 0. The molecule has 2 fully saturated rings. The van der Waals surface area contributed by atoms with Gasteiger partial charge in [-0.25, -0.2) is 4.79 Å². The number of methoxy groups -OCH3 is 2. The minimum absolute atomic E-state index is 0.368. The number of carbonyl (C=O) groups is 3. The van der Waals surface area contributed by atoms with Crippen molar-refractivity contribution in [1.82, 2.24) is 14.7 Å². The zero-order chi connectivity index (χ0) is 29.5. The molecule has 0 aromatic heterocycles.